The number of aromatic nitrogens is 1. The third-order valence-electron chi connectivity index (χ3n) is 6.38. The number of sulfonamides is 1. The van der Waals surface area contributed by atoms with E-state index >= 15 is 0 Å². The molecule has 1 aliphatic heterocycles. The van der Waals surface area contributed by atoms with Gasteiger partial charge in [0.15, 0.2) is 0 Å². The predicted molar refractivity (Wildman–Crippen MR) is 142 cm³/mol. The molecular weight excluding hydrogens is 496 g/mol. The minimum atomic E-state index is -3.47. The van der Waals surface area contributed by atoms with Crippen LogP contribution in [0.15, 0.2) is 82.5 Å². The Balaban J connectivity index is 1.17. The van der Waals surface area contributed by atoms with Crippen LogP contribution in [0.3, 0.4) is 0 Å². The van der Waals surface area contributed by atoms with Crippen molar-refractivity contribution in [1.29, 1.82) is 0 Å². The van der Waals surface area contributed by atoms with Crippen LogP contribution in [0.5, 0.6) is 0 Å². The summed E-state index contributed by atoms with van der Waals surface area (Å²) in [5.74, 6) is -0.219. The van der Waals surface area contributed by atoms with Gasteiger partial charge in [-0.15, -0.1) is 0 Å². The van der Waals surface area contributed by atoms with Gasteiger partial charge >= 0.3 is 4.87 Å². The van der Waals surface area contributed by atoms with Gasteiger partial charge < -0.3 is 9.88 Å². The second-order valence-corrected chi connectivity index (χ2v) is 11.7. The van der Waals surface area contributed by atoms with Crippen molar-refractivity contribution in [1.82, 2.24) is 13.8 Å². The van der Waals surface area contributed by atoms with Gasteiger partial charge in [0.2, 0.25) is 10.0 Å². The number of anilines is 1. The highest BCUT2D eigenvalue weighted by atomic mass is 32.2. The fourth-order valence-electron chi connectivity index (χ4n) is 4.30. The predicted octanol–water partition coefficient (Wildman–Crippen LogP) is 3.36. The maximum atomic E-state index is 12.8. The minimum Gasteiger partial charge on any atom is -0.322 e. The standard InChI is InChI=1S/C26H26N4O4S2/c1-28-23-12-11-21(17-24(23)35-26(28)32)27-25(31)20-9-7-19(8-10-20)18-29-13-15-30(16-14-29)36(33,34)22-5-3-2-4-6-22/h2-12,17H,13-16,18H2,1H3,(H,27,31). The molecule has 1 amide bonds. The molecule has 8 nitrogen and oxygen atoms in total. The molecule has 0 unspecified atom stereocenters. The Kier molecular flexibility index (Phi) is 6.76. The highest BCUT2D eigenvalue weighted by molar-refractivity contribution is 7.89. The Labute approximate surface area is 213 Å². The van der Waals surface area contributed by atoms with Crippen LogP contribution in [0.1, 0.15) is 15.9 Å². The quantitative estimate of drug-likeness (QED) is 0.419. The molecule has 1 aliphatic rings. The van der Waals surface area contributed by atoms with E-state index in [0.29, 0.717) is 48.9 Å². The summed E-state index contributed by atoms with van der Waals surface area (Å²) in [6, 6.07) is 21.4. The lowest BCUT2D eigenvalue weighted by Crippen LogP contribution is -2.48. The van der Waals surface area contributed by atoms with Crippen molar-refractivity contribution in [3.8, 4) is 0 Å². The van der Waals surface area contributed by atoms with Gasteiger partial charge in [0.1, 0.15) is 0 Å². The molecule has 1 saturated heterocycles. The molecule has 1 aromatic heterocycles. The molecule has 36 heavy (non-hydrogen) atoms. The van der Waals surface area contributed by atoms with Gasteiger partial charge in [-0.3, -0.25) is 14.5 Å². The zero-order valence-electron chi connectivity index (χ0n) is 19.8. The normalized spacial score (nSPS) is 15.2. The molecule has 1 N–H and O–H groups in total. The number of rotatable bonds is 6. The van der Waals surface area contributed by atoms with E-state index in [1.807, 2.05) is 24.3 Å². The molecule has 0 radical (unpaired) electrons. The Morgan fingerprint density at radius 2 is 1.64 bits per heavy atom. The van der Waals surface area contributed by atoms with Gasteiger partial charge in [0.05, 0.1) is 15.1 Å². The zero-order valence-corrected chi connectivity index (χ0v) is 21.4. The van der Waals surface area contributed by atoms with Gasteiger partial charge in [0, 0.05) is 51.0 Å². The maximum absolute atomic E-state index is 12.8. The van der Waals surface area contributed by atoms with Crippen molar-refractivity contribution in [2.24, 2.45) is 7.05 Å². The van der Waals surface area contributed by atoms with E-state index in [4.69, 9.17) is 0 Å². The van der Waals surface area contributed by atoms with Gasteiger partial charge in [-0.25, -0.2) is 8.42 Å². The summed E-state index contributed by atoms with van der Waals surface area (Å²) in [6.45, 7) is 2.85. The van der Waals surface area contributed by atoms with E-state index in [0.717, 1.165) is 27.1 Å². The van der Waals surface area contributed by atoms with Crippen LogP contribution in [0, 0.1) is 0 Å². The summed E-state index contributed by atoms with van der Waals surface area (Å²) in [5, 5.41) is 2.90. The van der Waals surface area contributed by atoms with Crippen LogP contribution in [0.4, 0.5) is 5.69 Å². The van der Waals surface area contributed by atoms with Gasteiger partial charge in [-0.05, 0) is 48.0 Å². The third-order valence-corrected chi connectivity index (χ3v) is 9.29. The van der Waals surface area contributed by atoms with Crippen molar-refractivity contribution in [3.05, 3.63) is 93.6 Å². The first-order valence-corrected chi connectivity index (χ1v) is 13.8. The van der Waals surface area contributed by atoms with Crippen LogP contribution in [0.25, 0.3) is 10.2 Å². The number of piperazine rings is 1. The summed E-state index contributed by atoms with van der Waals surface area (Å²) in [7, 11) is -1.74. The molecule has 0 bridgehead atoms. The minimum absolute atomic E-state index is 0.0386. The summed E-state index contributed by atoms with van der Waals surface area (Å²) >= 11 is 1.15. The molecule has 0 aliphatic carbocycles. The summed E-state index contributed by atoms with van der Waals surface area (Å²) < 4.78 is 29.6. The van der Waals surface area contributed by atoms with E-state index in [9.17, 15) is 18.0 Å². The van der Waals surface area contributed by atoms with Gasteiger partial charge in [-0.1, -0.05) is 41.7 Å². The highest BCUT2D eigenvalue weighted by Gasteiger charge is 2.28. The lowest BCUT2D eigenvalue weighted by molar-refractivity contribution is 0.102. The Bertz CT molecular complexity index is 1550. The summed E-state index contributed by atoms with van der Waals surface area (Å²) in [5.41, 5.74) is 3.08. The average Bonchev–Trinajstić information content (AvgIpc) is 3.17. The van der Waals surface area contributed by atoms with E-state index in [2.05, 4.69) is 10.2 Å². The van der Waals surface area contributed by atoms with Crippen LogP contribution >= 0.6 is 11.3 Å². The van der Waals surface area contributed by atoms with Crippen LogP contribution in [-0.4, -0.2) is 54.3 Å². The lowest BCUT2D eigenvalue weighted by Gasteiger charge is -2.34. The van der Waals surface area contributed by atoms with Crippen LogP contribution in [-0.2, 0) is 23.6 Å². The van der Waals surface area contributed by atoms with Gasteiger partial charge in [-0.2, -0.15) is 4.31 Å². The number of carbonyl (C=O) groups excluding carboxylic acids is 1. The number of fused-ring (bicyclic) bond motifs is 1. The monoisotopic (exact) mass is 522 g/mol. The molecule has 186 valence electrons. The zero-order chi connectivity index (χ0) is 25.3. The van der Waals surface area contributed by atoms with Crippen LogP contribution in [0.2, 0.25) is 0 Å². The maximum Gasteiger partial charge on any atom is 0.307 e. The molecule has 0 atom stereocenters. The lowest BCUT2D eigenvalue weighted by atomic mass is 10.1. The second-order valence-electron chi connectivity index (χ2n) is 8.75. The Morgan fingerprint density at radius 1 is 0.944 bits per heavy atom. The van der Waals surface area contributed by atoms with Crippen molar-refractivity contribution in [3.63, 3.8) is 0 Å². The number of aryl methyl sites for hydroxylation is 1. The first-order chi connectivity index (χ1) is 17.3. The van der Waals surface area contributed by atoms with Crippen molar-refractivity contribution >= 4 is 43.2 Å². The Morgan fingerprint density at radius 3 is 2.33 bits per heavy atom. The number of hydrogen-bond acceptors (Lipinski definition) is 6. The van der Waals surface area contributed by atoms with Crippen molar-refractivity contribution in [2.75, 3.05) is 31.5 Å². The van der Waals surface area contributed by atoms with E-state index in [-0.39, 0.29) is 10.8 Å². The molecule has 3 aromatic carbocycles. The van der Waals surface area contributed by atoms with E-state index in [1.165, 1.54) is 4.31 Å². The van der Waals surface area contributed by atoms with Crippen molar-refractivity contribution < 1.29 is 13.2 Å². The number of hydrogen-bond donors (Lipinski definition) is 1. The van der Waals surface area contributed by atoms with Gasteiger partial charge in [0.25, 0.3) is 5.91 Å². The molecule has 4 aromatic rings. The molecular formula is C26H26N4O4S2. The SMILES string of the molecule is Cn1c(=O)sc2cc(NC(=O)c3ccc(CN4CCN(S(=O)(=O)c5ccccc5)CC4)cc3)ccc21. The van der Waals surface area contributed by atoms with E-state index < -0.39 is 10.0 Å². The largest absolute Gasteiger partial charge is 0.322 e. The van der Waals surface area contributed by atoms with E-state index in [1.54, 1.807) is 60.1 Å². The smallest absolute Gasteiger partial charge is 0.307 e. The molecule has 2 heterocycles. The summed E-state index contributed by atoms with van der Waals surface area (Å²) in [6.07, 6.45) is 0. The number of carbonyl (C=O) groups is 1. The molecule has 5 rings (SSSR count). The number of benzene rings is 3. The third kappa shape index (κ3) is 4.98. The molecule has 1 fully saturated rings. The fraction of sp³-hybridized carbons (Fsp3) is 0.231. The molecule has 10 heteroatoms. The fourth-order valence-corrected chi connectivity index (χ4v) is 6.67. The number of thiazole rings is 1. The van der Waals surface area contributed by atoms with Crippen LogP contribution < -0.4 is 10.2 Å². The highest BCUT2D eigenvalue weighted by Crippen LogP contribution is 2.22. The molecule has 0 spiro atoms. The van der Waals surface area contributed by atoms with Crippen molar-refractivity contribution in [2.45, 2.75) is 11.4 Å². The summed E-state index contributed by atoms with van der Waals surface area (Å²) in [4.78, 5) is 27.1. The topological polar surface area (TPSA) is 91.7 Å². The first kappa shape index (κ1) is 24.4. The Hall–Kier alpha value is -3.31. The second kappa shape index (κ2) is 9.98. The number of nitrogens with zero attached hydrogens (tertiary/aromatic N) is 3. The first-order valence-electron chi connectivity index (χ1n) is 11.6. The number of amides is 1. The number of nitrogens with one attached hydrogen (secondary N) is 1. The molecule has 0 saturated carbocycles. The average molecular weight is 523 g/mol.